The van der Waals surface area contributed by atoms with E-state index >= 15 is 0 Å². The van der Waals surface area contributed by atoms with E-state index in [0.29, 0.717) is 27.0 Å². The van der Waals surface area contributed by atoms with Gasteiger partial charge in [-0.1, -0.05) is 29.3 Å². The second-order valence-corrected chi connectivity index (χ2v) is 5.58. The number of hydrogen-bond acceptors (Lipinski definition) is 4. The molecule has 0 aromatic heterocycles. The van der Waals surface area contributed by atoms with Crippen LogP contribution in [0, 0.1) is 0 Å². The van der Waals surface area contributed by atoms with Crippen LogP contribution in [0.3, 0.4) is 0 Å². The van der Waals surface area contributed by atoms with Gasteiger partial charge in [0.05, 0.1) is 5.69 Å². The predicted molar refractivity (Wildman–Crippen MR) is 86.1 cm³/mol. The van der Waals surface area contributed by atoms with Crippen LogP contribution >= 0.6 is 23.2 Å². The Morgan fingerprint density at radius 3 is 2.26 bits per heavy atom. The van der Waals surface area contributed by atoms with Crippen molar-refractivity contribution in [3.63, 3.8) is 0 Å². The third-order valence-corrected chi connectivity index (χ3v) is 4.00. The molecular weight excluding hydrogens is 341 g/mol. The first-order valence-electron chi connectivity index (χ1n) is 6.72. The molecule has 0 unspecified atom stereocenters. The maximum Gasteiger partial charge on any atom is 0.421 e. The molecule has 1 saturated heterocycles. The molecule has 0 aliphatic carbocycles. The van der Waals surface area contributed by atoms with Crippen molar-refractivity contribution < 1.29 is 19.1 Å². The van der Waals surface area contributed by atoms with E-state index in [1.165, 1.54) is 0 Å². The summed E-state index contributed by atoms with van der Waals surface area (Å²) in [4.78, 5) is 24.0. The smallest absolute Gasteiger partial charge is 0.421 e. The molecule has 1 heterocycles. The molecular formula is C16H11Cl2NO4. The fourth-order valence-electron chi connectivity index (χ4n) is 2.12. The van der Waals surface area contributed by atoms with Crippen LogP contribution in [0.5, 0.6) is 5.75 Å². The van der Waals surface area contributed by atoms with E-state index in [1.807, 2.05) is 0 Å². The highest BCUT2D eigenvalue weighted by molar-refractivity contribution is 6.35. The Hall–Kier alpha value is -2.24. The predicted octanol–water partition coefficient (Wildman–Crippen LogP) is 4.06. The van der Waals surface area contributed by atoms with Crippen molar-refractivity contribution in [2.24, 2.45) is 0 Å². The normalized spacial score (nSPS) is 14.1. The summed E-state index contributed by atoms with van der Waals surface area (Å²) in [7, 11) is 0. The molecule has 7 heteroatoms. The summed E-state index contributed by atoms with van der Waals surface area (Å²) in [6, 6.07) is 11.7. The van der Waals surface area contributed by atoms with Gasteiger partial charge in [-0.15, -0.1) is 0 Å². The number of ether oxygens (including phenoxy) is 2. The molecule has 0 N–H and O–H groups in total. The highest BCUT2D eigenvalue weighted by Gasteiger charge is 2.32. The van der Waals surface area contributed by atoms with Crippen LogP contribution in [0.2, 0.25) is 10.0 Å². The molecule has 2 aromatic rings. The zero-order valence-electron chi connectivity index (χ0n) is 11.8. The molecule has 0 radical (unpaired) electrons. The fourth-order valence-corrected chi connectivity index (χ4v) is 2.63. The van der Waals surface area contributed by atoms with Crippen LogP contribution in [0.4, 0.5) is 10.5 Å². The minimum atomic E-state index is -0.675. The number of carbonyl (C=O) groups is 2. The zero-order valence-corrected chi connectivity index (χ0v) is 13.3. The first-order chi connectivity index (χ1) is 11.1. The van der Waals surface area contributed by atoms with Gasteiger partial charge in [0.15, 0.2) is 6.61 Å². The van der Waals surface area contributed by atoms with Crippen molar-refractivity contribution in [1.29, 1.82) is 0 Å². The SMILES string of the molecule is O=C1COC(=O)N1c1ccc(OCc2c(Cl)cccc2Cl)cc1. The Labute approximate surface area is 142 Å². The van der Waals surface area contributed by atoms with Gasteiger partial charge < -0.3 is 9.47 Å². The highest BCUT2D eigenvalue weighted by atomic mass is 35.5. The lowest BCUT2D eigenvalue weighted by Crippen LogP contribution is -2.28. The molecule has 118 valence electrons. The second-order valence-electron chi connectivity index (χ2n) is 4.77. The van der Waals surface area contributed by atoms with Crippen molar-refractivity contribution in [3.05, 3.63) is 58.1 Å². The molecule has 1 aliphatic heterocycles. The lowest BCUT2D eigenvalue weighted by Gasteiger charge is -2.13. The number of hydrogen-bond donors (Lipinski definition) is 0. The van der Waals surface area contributed by atoms with Crippen LogP contribution in [0.25, 0.3) is 0 Å². The van der Waals surface area contributed by atoms with Gasteiger partial charge in [-0.3, -0.25) is 4.79 Å². The monoisotopic (exact) mass is 351 g/mol. The number of halogens is 2. The second kappa shape index (κ2) is 6.48. The molecule has 0 atom stereocenters. The van der Waals surface area contributed by atoms with Crippen molar-refractivity contribution in [2.75, 3.05) is 11.5 Å². The Bertz CT molecular complexity index is 725. The number of anilines is 1. The largest absolute Gasteiger partial charge is 0.489 e. The van der Waals surface area contributed by atoms with Crippen molar-refractivity contribution in [2.45, 2.75) is 6.61 Å². The van der Waals surface area contributed by atoms with Crippen molar-refractivity contribution in [1.82, 2.24) is 0 Å². The van der Waals surface area contributed by atoms with E-state index in [-0.39, 0.29) is 13.2 Å². The van der Waals surface area contributed by atoms with Gasteiger partial charge in [-0.25, -0.2) is 9.69 Å². The molecule has 0 spiro atoms. The van der Waals surface area contributed by atoms with Crippen LogP contribution in [0.15, 0.2) is 42.5 Å². The first kappa shape index (κ1) is 15.6. The van der Waals surface area contributed by atoms with Gasteiger partial charge in [0.1, 0.15) is 12.4 Å². The van der Waals surface area contributed by atoms with E-state index in [0.717, 1.165) is 4.90 Å². The summed E-state index contributed by atoms with van der Waals surface area (Å²) in [5, 5.41) is 1.05. The highest BCUT2D eigenvalue weighted by Crippen LogP contribution is 2.27. The molecule has 5 nitrogen and oxygen atoms in total. The topological polar surface area (TPSA) is 55.8 Å². The average Bonchev–Trinajstić information content (AvgIpc) is 2.87. The zero-order chi connectivity index (χ0) is 16.4. The quantitative estimate of drug-likeness (QED) is 0.833. The van der Waals surface area contributed by atoms with Gasteiger partial charge in [0, 0.05) is 15.6 Å². The van der Waals surface area contributed by atoms with Crippen LogP contribution < -0.4 is 9.64 Å². The molecule has 0 bridgehead atoms. The maximum absolute atomic E-state index is 11.6. The Kier molecular flexibility index (Phi) is 4.41. The Morgan fingerprint density at radius 2 is 1.70 bits per heavy atom. The summed E-state index contributed by atoms with van der Waals surface area (Å²) in [6.07, 6.45) is -0.675. The van der Waals surface area contributed by atoms with Crippen molar-refractivity contribution in [3.8, 4) is 5.75 Å². The minimum absolute atomic E-state index is 0.211. The third kappa shape index (κ3) is 3.25. The van der Waals surface area contributed by atoms with Crippen LogP contribution in [0.1, 0.15) is 5.56 Å². The number of nitrogens with zero attached hydrogens (tertiary/aromatic N) is 1. The summed E-state index contributed by atoms with van der Waals surface area (Å²) in [6.45, 7) is -0.0232. The van der Waals surface area contributed by atoms with E-state index in [2.05, 4.69) is 4.74 Å². The van der Waals surface area contributed by atoms with E-state index < -0.39 is 12.0 Å². The van der Waals surface area contributed by atoms with E-state index in [9.17, 15) is 9.59 Å². The van der Waals surface area contributed by atoms with Crippen LogP contribution in [-0.2, 0) is 16.1 Å². The molecule has 1 fully saturated rings. The van der Waals surface area contributed by atoms with Crippen LogP contribution in [-0.4, -0.2) is 18.6 Å². The van der Waals surface area contributed by atoms with E-state index in [4.69, 9.17) is 27.9 Å². The summed E-state index contributed by atoms with van der Waals surface area (Å²) < 4.78 is 10.3. The molecule has 23 heavy (non-hydrogen) atoms. The summed E-state index contributed by atoms with van der Waals surface area (Å²) >= 11 is 12.2. The molecule has 3 rings (SSSR count). The minimum Gasteiger partial charge on any atom is -0.489 e. The Balaban J connectivity index is 1.71. The first-order valence-corrected chi connectivity index (χ1v) is 7.47. The molecule has 2 aromatic carbocycles. The standard InChI is InChI=1S/C16H11Cl2NO4/c17-13-2-1-3-14(18)12(13)8-22-11-6-4-10(5-7-11)19-15(20)9-23-16(19)21/h1-7H,8-9H2. The van der Waals surface area contributed by atoms with Gasteiger partial charge >= 0.3 is 6.09 Å². The number of imide groups is 1. The van der Waals surface area contributed by atoms with Gasteiger partial charge in [-0.2, -0.15) is 0 Å². The average molecular weight is 352 g/mol. The molecule has 0 saturated carbocycles. The summed E-state index contributed by atoms with van der Waals surface area (Å²) in [5.74, 6) is 0.163. The van der Waals surface area contributed by atoms with Crippen molar-refractivity contribution >= 4 is 40.9 Å². The summed E-state index contributed by atoms with van der Waals surface area (Å²) in [5.41, 5.74) is 1.12. The lowest BCUT2D eigenvalue weighted by molar-refractivity contribution is -0.117. The lowest BCUT2D eigenvalue weighted by atomic mass is 10.2. The van der Waals surface area contributed by atoms with Gasteiger partial charge in [0.25, 0.3) is 5.91 Å². The fraction of sp³-hybridized carbons (Fsp3) is 0.125. The number of amides is 2. The van der Waals surface area contributed by atoms with E-state index in [1.54, 1.807) is 42.5 Å². The molecule has 1 aliphatic rings. The number of cyclic esters (lactones) is 1. The maximum atomic E-state index is 11.6. The number of benzene rings is 2. The molecule has 2 amide bonds. The number of rotatable bonds is 4. The Morgan fingerprint density at radius 1 is 1.04 bits per heavy atom. The number of carbonyl (C=O) groups excluding carboxylic acids is 2. The van der Waals surface area contributed by atoms with Gasteiger partial charge in [-0.05, 0) is 36.4 Å². The van der Waals surface area contributed by atoms with Gasteiger partial charge in [0.2, 0.25) is 0 Å². The third-order valence-electron chi connectivity index (χ3n) is 3.29.